The molecule has 1 saturated heterocycles. The number of likely N-dealkylation sites (tertiary alicyclic amines) is 1. The van der Waals surface area contributed by atoms with Crippen molar-refractivity contribution in [1.29, 1.82) is 0 Å². The lowest BCUT2D eigenvalue weighted by atomic mass is 10.0. The maximum absolute atomic E-state index is 12.6. The van der Waals surface area contributed by atoms with E-state index >= 15 is 0 Å². The number of thiophene rings is 1. The van der Waals surface area contributed by atoms with E-state index in [1.165, 1.54) is 22.7 Å². The normalized spacial score (nSPS) is 17.7. The van der Waals surface area contributed by atoms with Crippen LogP contribution in [0.3, 0.4) is 0 Å². The maximum atomic E-state index is 12.6. The van der Waals surface area contributed by atoms with Crippen molar-refractivity contribution in [2.45, 2.75) is 36.6 Å². The molecular formula is C15H18N4O2S3. The van der Waals surface area contributed by atoms with E-state index in [2.05, 4.69) is 15.5 Å². The van der Waals surface area contributed by atoms with Gasteiger partial charge in [0.1, 0.15) is 6.04 Å². The molecule has 0 saturated carbocycles. The zero-order chi connectivity index (χ0) is 16.9. The van der Waals surface area contributed by atoms with Gasteiger partial charge in [-0.25, -0.2) is 0 Å². The minimum absolute atomic E-state index is 0.0654. The molecule has 6 nitrogen and oxygen atoms in total. The number of nitrogens with one attached hydrogen (secondary N) is 1. The largest absolute Gasteiger partial charge is 0.326 e. The highest BCUT2D eigenvalue weighted by atomic mass is 32.2. The Labute approximate surface area is 152 Å². The Morgan fingerprint density at radius 2 is 2.29 bits per heavy atom. The van der Waals surface area contributed by atoms with E-state index in [9.17, 15) is 9.59 Å². The van der Waals surface area contributed by atoms with Gasteiger partial charge in [0, 0.05) is 6.54 Å². The van der Waals surface area contributed by atoms with Gasteiger partial charge in [-0.05, 0) is 36.5 Å². The third-order valence-corrected chi connectivity index (χ3v) is 6.41. The first-order chi connectivity index (χ1) is 11.7. The number of carbonyl (C=O) groups is 2. The number of piperidine rings is 1. The van der Waals surface area contributed by atoms with Gasteiger partial charge < -0.3 is 4.90 Å². The number of rotatable bonds is 5. The van der Waals surface area contributed by atoms with Gasteiger partial charge in [0.15, 0.2) is 4.34 Å². The average Bonchev–Trinajstić information content (AvgIpc) is 3.27. The maximum Gasteiger partial charge on any atom is 0.264 e. The van der Waals surface area contributed by atoms with Crippen molar-refractivity contribution in [3.63, 3.8) is 0 Å². The van der Waals surface area contributed by atoms with E-state index in [4.69, 9.17) is 0 Å². The molecule has 0 aliphatic carbocycles. The Balaban J connectivity index is 1.69. The van der Waals surface area contributed by atoms with E-state index in [-0.39, 0.29) is 11.8 Å². The van der Waals surface area contributed by atoms with Crippen molar-refractivity contribution < 1.29 is 9.59 Å². The molecule has 0 radical (unpaired) electrons. The molecule has 1 aliphatic rings. The lowest BCUT2D eigenvalue weighted by Crippen LogP contribution is -2.49. The molecule has 1 atom stereocenters. The summed E-state index contributed by atoms with van der Waals surface area (Å²) >= 11 is 4.36. The zero-order valence-corrected chi connectivity index (χ0v) is 15.7. The minimum atomic E-state index is -0.445. The molecule has 9 heteroatoms. The fourth-order valence-electron chi connectivity index (χ4n) is 2.62. The smallest absolute Gasteiger partial charge is 0.264 e. The molecule has 0 bridgehead atoms. The molecule has 2 aromatic rings. The Hall–Kier alpha value is -1.45. The second-order valence-electron chi connectivity index (χ2n) is 5.28. The van der Waals surface area contributed by atoms with Gasteiger partial charge in [0.25, 0.3) is 5.91 Å². The van der Waals surface area contributed by atoms with Crippen molar-refractivity contribution in [1.82, 2.24) is 15.1 Å². The molecule has 1 N–H and O–H groups in total. The van der Waals surface area contributed by atoms with Crippen molar-refractivity contribution in [3.05, 3.63) is 22.4 Å². The second-order valence-corrected chi connectivity index (χ2v) is 8.72. The fraction of sp³-hybridized carbons (Fsp3) is 0.467. The summed E-state index contributed by atoms with van der Waals surface area (Å²) in [5, 5.41) is 13.2. The average molecular weight is 383 g/mol. The molecule has 3 rings (SSSR count). The minimum Gasteiger partial charge on any atom is -0.326 e. The second kappa shape index (κ2) is 8.09. The van der Waals surface area contributed by atoms with E-state index in [1.807, 2.05) is 18.4 Å². The van der Waals surface area contributed by atoms with Crippen LogP contribution in [0.2, 0.25) is 0 Å². The Bertz CT molecular complexity index is 701. The Morgan fingerprint density at radius 1 is 1.42 bits per heavy atom. The van der Waals surface area contributed by atoms with E-state index in [0.29, 0.717) is 23.0 Å². The monoisotopic (exact) mass is 382 g/mol. The lowest BCUT2D eigenvalue weighted by Gasteiger charge is -2.34. The number of anilines is 1. The summed E-state index contributed by atoms with van der Waals surface area (Å²) in [4.78, 5) is 27.7. The van der Waals surface area contributed by atoms with Crippen LogP contribution in [0.5, 0.6) is 0 Å². The van der Waals surface area contributed by atoms with Gasteiger partial charge in [-0.3, -0.25) is 14.9 Å². The molecule has 3 heterocycles. The number of amides is 2. The van der Waals surface area contributed by atoms with Crippen LogP contribution in [0.15, 0.2) is 21.9 Å². The number of thioether (sulfide) groups is 1. The SMILES string of the molecule is CCSc1nnc(NC(=O)C2CCCCN2C(=O)c2cccs2)s1. The van der Waals surface area contributed by atoms with E-state index in [1.54, 1.807) is 22.7 Å². The van der Waals surface area contributed by atoms with Crippen molar-refractivity contribution in [3.8, 4) is 0 Å². The summed E-state index contributed by atoms with van der Waals surface area (Å²) in [5.41, 5.74) is 0. The molecule has 2 aromatic heterocycles. The molecule has 1 unspecified atom stereocenters. The Kier molecular flexibility index (Phi) is 5.85. The molecule has 1 fully saturated rings. The molecule has 0 aromatic carbocycles. The predicted molar refractivity (Wildman–Crippen MR) is 97.9 cm³/mol. The highest BCUT2D eigenvalue weighted by molar-refractivity contribution is 8.01. The van der Waals surface area contributed by atoms with Crippen LogP contribution >= 0.6 is 34.4 Å². The van der Waals surface area contributed by atoms with Gasteiger partial charge in [-0.2, -0.15) is 0 Å². The summed E-state index contributed by atoms with van der Waals surface area (Å²) in [6, 6.07) is 3.21. The first-order valence-corrected chi connectivity index (χ1v) is 10.5. The molecule has 2 amide bonds. The van der Waals surface area contributed by atoms with Crippen LogP contribution in [0, 0.1) is 0 Å². The molecular weight excluding hydrogens is 364 g/mol. The van der Waals surface area contributed by atoms with Crippen LogP contribution < -0.4 is 5.32 Å². The van der Waals surface area contributed by atoms with Gasteiger partial charge >= 0.3 is 0 Å². The van der Waals surface area contributed by atoms with Crippen LogP contribution in [-0.2, 0) is 4.79 Å². The Morgan fingerprint density at radius 3 is 3.04 bits per heavy atom. The van der Waals surface area contributed by atoms with Crippen LogP contribution in [0.1, 0.15) is 35.9 Å². The number of aromatic nitrogens is 2. The van der Waals surface area contributed by atoms with Crippen molar-refractivity contribution in [2.75, 3.05) is 17.6 Å². The first-order valence-electron chi connectivity index (χ1n) is 7.80. The predicted octanol–water partition coefficient (Wildman–Crippen LogP) is 3.35. The summed E-state index contributed by atoms with van der Waals surface area (Å²) in [5.74, 6) is 0.669. The third kappa shape index (κ3) is 3.96. The first kappa shape index (κ1) is 17.4. The van der Waals surface area contributed by atoms with Crippen LogP contribution in [-0.4, -0.2) is 45.3 Å². The number of hydrogen-bond donors (Lipinski definition) is 1. The van der Waals surface area contributed by atoms with Crippen molar-refractivity contribution in [2.24, 2.45) is 0 Å². The molecule has 0 spiro atoms. The molecule has 24 heavy (non-hydrogen) atoms. The highest BCUT2D eigenvalue weighted by Gasteiger charge is 2.33. The number of nitrogens with zero attached hydrogens (tertiary/aromatic N) is 3. The fourth-order valence-corrected chi connectivity index (χ4v) is 4.95. The van der Waals surface area contributed by atoms with Crippen LogP contribution in [0.25, 0.3) is 0 Å². The van der Waals surface area contributed by atoms with Crippen molar-refractivity contribution >= 4 is 51.4 Å². The topological polar surface area (TPSA) is 75.2 Å². The van der Waals surface area contributed by atoms with Gasteiger partial charge in [0.05, 0.1) is 4.88 Å². The number of carbonyl (C=O) groups excluding carboxylic acids is 2. The summed E-state index contributed by atoms with van der Waals surface area (Å²) < 4.78 is 0.836. The molecule has 1 aliphatic heterocycles. The zero-order valence-electron chi connectivity index (χ0n) is 13.2. The summed E-state index contributed by atoms with van der Waals surface area (Å²) in [7, 11) is 0. The standard InChI is InChI=1S/C15H18N4O2S3/c1-2-22-15-18-17-14(24-15)16-12(20)10-6-3-4-8-19(10)13(21)11-7-5-9-23-11/h5,7,9-10H,2-4,6,8H2,1H3,(H,16,17,20). The van der Waals surface area contributed by atoms with Gasteiger partial charge in [-0.15, -0.1) is 21.5 Å². The van der Waals surface area contributed by atoms with E-state index < -0.39 is 6.04 Å². The summed E-state index contributed by atoms with van der Waals surface area (Å²) in [6.07, 6.45) is 2.55. The number of hydrogen-bond acceptors (Lipinski definition) is 7. The van der Waals surface area contributed by atoms with Gasteiger partial charge in [0.2, 0.25) is 11.0 Å². The quantitative estimate of drug-likeness (QED) is 0.634. The third-order valence-electron chi connectivity index (χ3n) is 3.70. The van der Waals surface area contributed by atoms with E-state index in [0.717, 1.165) is 22.9 Å². The van der Waals surface area contributed by atoms with Gasteiger partial charge in [-0.1, -0.05) is 36.1 Å². The van der Waals surface area contributed by atoms with Crippen LogP contribution in [0.4, 0.5) is 5.13 Å². The molecule has 128 valence electrons. The summed E-state index contributed by atoms with van der Waals surface area (Å²) in [6.45, 7) is 2.66. The lowest BCUT2D eigenvalue weighted by molar-refractivity contribution is -0.121. The highest BCUT2D eigenvalue weighted by Crippen LogP contribution is 2.27.